The van der Waals surface area contributed by atoms with Gasteiger partial charge in [0.15, 0.2) is 0 Å². The van der Waals surface area contributed by atoms with Crippen molar-refractivity contribution in [2.45, 2.75) is 37.5 Å². The molecule has 1 aliphatic carbocycles. The molecule has 1 aliphatic heterocycles. The van der Waals surface area contributed by atoms with Gasteiger partial charge in [-0.1, -0.05) is 23.8 Å². The summed E-state index contributed by atoms with van der Waals surface area (Å²) in [7, 11) is -3.75. The van der Waals surface area contributed by atoms with Gasteiger partial charge in [0.05, 0.1) is 11.5 Å². The van der Waals surface area contributed by atoms with E-state index >= 15 is 0 Å². The van der Waals surface area contributed by atoms with Crippen molar-refractivity contribution in [1.29, 1.82) is 0 Å². The molecule has 0 unspecified atom stereocenters. The predicted octanol–water partition coefficient (Wildman–Crippen LogP) is 3.50. The number of aryl methyl sites for hydroxylation is 3. The number of ether oxygens (including phenoxy) is 1. The van der Waals surface area contributed by atoms with Crippen LogP contribution in [0.15, 0.2) is 47.4 Å². The smallest absolute Gasteiger partial charge is 0.313 e. The molecule has 1 heterocycles. The van der Waals surface area contributed by atoms with E-state index < -0.39 is 10.1 Å². The first-order valence-corrected chi connectivity index (χ1v) is 10.9. The zero-order valence-corrected chi connectivity index (χ0v) is 16.4. The van der Waals surface area contributed by atoms with Crippen LogP contribution in [0.5, 0.6) is 5.75 Å². The highest BCUT2D eigenvalue weighted by Gasteiger charge is 2.32. The molecule has 144 valence electrons. The third kappa shape index (κ3) is 4.34. The molecule has 0 saturated carbocycles. The van der Waals surface area contributed by atoms with Crippen molar-refractivity contribution in [2.24, 2.45) is 5.92 Å². The SMILES string of the molecule is Cc1ccc(S(=O)(=O)ON2CC(COc3ccc4c(c3)CCCC4)C2)cc1. The maximum atomic E-state index is 12.3. The largest absolute Gasteiger partial charge is 0.493 e. The van der Waals surface area contributed by atoms with E-state index in [1.54, 1.807) is 24.3 Å². The number of rotatable bonds is 6. The zero-order chi connectivity index (χ0) is 18.9. The lowest BCUT2D eigenvalue weighted by Gasteiger charge is -2.36. The highest BCUT2D eigenvalue weighted by Crippen LogP contribution is 2.27. The van der Waals surface area contributed by atoms with Crippen molar-refractivity contribution < 1.29 is 17.4 Å². The fraction of sp³-hybridized carbons (Fsp3) is 0.429. The van der Waals surface area contributed by atoms with Gasteiger partial charge in [-0.3, -0.25) is 0 Å². The Morgan fingerprint density at radius 2 is 1.70 bits per heavy atom. The lowest BCUT2D eigenvalue weighted by atomic mass is 9.92. The number of hydrogen-bond donors (Lipinski definition) is 0. The molecule has 0 bridgehead atoms. The average Bonchev–Trinajstić information content (AvgIpc) is 2.63. The van der Waals surface area contributed by atoms with E-state index in [4.69, 9.17) is 9.02 Å². The molecule has 1 saturated heterocycles. The second kappa shape index (κ2) is 7.62. The fourth-order valence-corrected chi connectivity index (χ4v) is 4.54. The maximum absolute atomic E-state index is 12.3. The number of fused-ring (bicyclic) bond motifs is 1. The molecular weight excluding hydrogens is 362 g/mol. The molecule has 0 amide bonds. The summed E-state index contributed by atoms with van der Waals surface area (Å²) in [5.74, 6) is 1.18. The van der Waals surface area contributed by atoms with Crippen LogP contribution in [0.2, 0.25) is 0 Å². The minimum Gasteiger partial charge on any atom is -0.493 e. The van der Waals surface area contributed by atoms with E-state index in [1.165, 1.54) is 35.5 Å². The van der Waals surface area contributed by atoms with Gasteiger partial charge in [0.2, 0.25) is 0 Å². The van der Waals surface area contributed by atoms with Gasteiger partial charge in [0.25, 0.3) is 0 Å². The molecule has 27 heavy (non-hydrogen) atoms. The minimum atomic E-state index is -3.75. The standard InChI is InChI=1S/C21H25NO4S/c1-16-6-10-21(11-7-16)27(23,24)26-22-13-17(14-22)15-25-20-9-8-18-4-2-3-5-19(18)12-20/h6-12,17H,2-5,13-15H2,1H3. The molecule has 6 heteroatoms. The molecule has 4 rings (SSSR count). The lowest BCUT2D eigenvalue weighted by Crippen LogP contribution is -2.49. The van der Waals surface area contributed by atoms with Crippen molar-refractivity contribution >= 4 is 10.1 Å². The monoisotopic (exact) mass is 387 g/mol. The molecule has 0 atom stereocenters. The topological polar surface area (TPSA) is 55.8 Å². The highest BCUT2D eigenvalue weighted by atomic mass is 32.2. The van der Waals surface area contributed by atoms with Crippen LogP contribution in [0, 0.1) is 12.8 Å². The van der Waals surface area contributed by atoms with Crippen LogP contribution >= 0.6 is 0 Å². The van der Waals surface area contributed by atoms with E-state index in [9.17, 15) is 8.42 Å². The Morgan fingerprint density at radius 1 is 1.00 bits per heavy atom. The van der Waals surface area contributed by atoms with Gasteiger partial charge in [-0.2, -0.15) is 17.8 Å². The van der Waals surface area contributed by atoms with Crippen LogP contribution < -0.4 is 4.74 Å². The number of hydrogen-bond acceptors (Lipinski definition) is 5. The normalized spacial score (nSPS) is 18.0. The van der Waals surface area contributed by atoms with Crippen LogP contribution in [-0.2, 0) is 27.2 Å². The van der Waals surface area contributed by atoms with Crippen LogP contribution in [0.4, 0.5) is 0 Å². The Hall–Kier alpha value is -1.89. The van der Waals surface area contributed by atoms with Gasteiger partial charge in [0, 0.05) is 19.0 Å². The highest BCUT2D eigenvalue weighted by molar-refractivity contribution is 7.86. The molecule has 2 aliphatic rings. The van der Waals surface area contributed by atoms with Crippen molar-refractivity contribution in [2.75, 3.05) is 19.7 Å². The van der Waals surface area contributed by atoms with E-state index in [1.807, 2.05) is 13.0 Å². The lowest BCUT2D eigenvalue weighted by molar-refractivity contribution is -0.141. The van der Waals surface area contributed by atoms with E-state index in [0.717, 1.165) is 17.7 Å². The summed E-state index contributed by atoms with van der Waals surface area (Å²) in [5, 5.41) is 1.48. The van der Waals surface area contributed by atoms with Crippen LogP contribution in [0.1, 0.15) is 29.5 Å². The molecule has 2 aromatic carbocycles. The average molecular weight is 388 g/mol. The zero-order valence-electron chi connectivity index (χ0n) is 15.6. The van der Waals surface area contributed by atoms with Crippen molar-refractivity contribution in [3.63, 3.8) is 0 Å². The quantitative estimate of drug-likeness (QED) is 0.759. The van der Waals surface area contributed by atoms with Crippen molar-refractivity contribution in [3.05, 3.63) is 59.2 Å². The van der Waals surface area contributed by atoms with Crippen LogP contribution in [0.3, 0.4) is 0 Å². The summed E-state index contributed by atoms with van der Waals surface area (Å²) < 4.78 is 35.7. The summed E-state index contributed by atoms with van der Waals surface area (Å²) in [6.07, 6.45) is 4.83. The summed E-state index contributed by atoms with van der Waals surface area (Å²) >= 11 is 0. The number of hydroxylamine groups is 2. The van der Waals surface area contributed by atoms with E-state index in [0.29, 0.717) is 19.7 Å². The number of nitrogens with zero attached hydrogens (tertiary/aromatic N) is 1. The molecular formula is C21H25NO4S. The Balaban J connectivity index is 1.26. The van der Waals surface area contributed by atoms with E-state index in [-0.39, 0.29) is 10.8 Å². The first-order valence-electron chi connectivity index (χ1n) is 9.50. The molecule has 0 radical (unpaired) electrons. The Kier molecular flexibility index (Phi) is 5.21. The van der Waals surface area contributed by atoms with Crippen molar-refractivity contribution in [1.82, 2.24) is 5.06 Å². The molecule has 0 aromatic heterocycles. The van der Waals surface area contributed by atoms with Crippen molar-refractivity contribution in [3.8, 4) is 5.75 Å². The third-order valence-corrected chi connectivity index (χ3v) is 6.50. The van der Waals surface area contributed by atoms with Gasteiger partial charge in [-0.15, -0.1) is 0 Å². The Labute approximate surface area is 161 Å². The van der Waals surface area contributed by atoms with Gasteiger partial charge in [-0.25, -0.2) is 0 Å². The van der Waals surface area contributed by atoms with Crippen LogP contribution in [0.25, 0.3) is 0 Å². The predicted molar refractivity (Wildman–Crippen MR) is 103 cm³/mol. The molecule has 5 nitrogen and oxygen atoms in total. The Bertz CT molecular complexity index is 902. The third-order valence-electron chi connectivity index (χ3n) is 5.24. The fourth-order valence-electron chi connectivity index (χ4n) is 3.59. The Morgan fingerprint density at radius 3 is 2.44 bits per heavy atom. The second-order valence-electron chi connectivity index (χ2n) is 7.50. The van der Waals surface area contributed by atoms with Gasteiger partial charge < -0.3 is 4.74 Å². The first-order chi connectivity index (χ1) is 13.0. The summed E-state index contributed by atoms with van der Waals surface area (Å²) in [6, 6.07) is 13.0. The summed E-state index contributed by atoms with van der Waals surface area (Å²) in [5.41, 5.74) is 3.86. The molecule has 0 N–H and O–H groups in total. The first kappa shape index (κ1) is 18.5. The summed E-state index contributed by atoms with van der Waals surface area (Å²) in [6.45, 7) is 3.59. The van der Waals surface area contributed by atoms with Gasteiger partial charge in [0.1, 0.15) is 5.75 Å². The molecule has 1 fully saturated rings. The number of benzene rings is 2. The molecule has 0 spiro atoms. The minimum absolute atomic E-state index is 0.182. The second-order valence-corrected chi connectivity index (χ2v) is 9.03. The maximum Gasteiger partial charge on any atom is 0.313 e. The van der Waals surface area contributed by atoms with E-state index in [2.05, 4.69) is 12.1 Å². The molecule has 2 aromatic rings. The van der Waals surface area contributed by atoms with Gasteiger partial charge in [-0.05, 0) is 68.0 Å². The van der Waals surface area contributed by atoms with Crippen LogP contribution in [-0.4, -0.2) is 33.2 Å². The van der Waals surface area contributed by atoms with Gasteiger partial charge >= 0.3 is 10.1 Å². The summed E-state index contributed by atoms with van der Waals surface area (Å²) in [4.78, 5) is 0.182.